The van der Waals surface area contributed by atoms with Crippen LogP contribution < -0.4 is 10.5 Å². The lowest BCUT2D eigenvalue weighted by atomic mass is 10.2. The second kappa shape index (κ2) is 6.28. The second-order valence-electron chi connectivity index (χ2n) is 3.77. The van der Waals surface area contributed by atoms with Gasteiger partial charge < -0.3 is 5.73 Å². The molecule has 0 amide bonds. The van der Waals surface area contributed by atoms with Crippen molar-refractivity contribution in [3.8, 4) is 0 Å². The van der Waals surface area contributed by atoms with E-state index >= 15 is 0 Å². The van der Waals surface area contributed by atoms with Gasteiger partial charge in [-0.05, 0) is 43.0 Å². The third kappa shape index (κ3) is 4.22. The lowest BCUT2D eigenvalue weighted by Crippen LogP contribution is -2.26. The molecule has 4 nitrogen and oxygen atoms in total. The Kier molecular flexibility index (Phi) is 5.30. The van der Waals surface area contributed by atoms with Crippen molar-refractivity contribution in [2.24, 2.45) is 0 Å². The summed E-state index contributed by atoms with van der Waals surface area (Å²) in [6.07, 6.45) is 2.82. The number of nitrogens with two attached hydrogens (primary N) is 1. The van der Waals surface area contributed by atoms with Crippen LogP contribution in [-0.2, 0) is 10.0 Å². The SMILES string of the molecule is CSCCCNS(=O)(=O)c1cc(N)ccc1C. The second-order valence-corrected chi connectivity index (χ2v) is 6.49. The molecule has 1 aromatic rings. The van der Waals surface area contributed by atoms with Gasteiger partial charge in [-0.15, -0.1) is 0 Å². The molecule has 17 heavy (non-hydrogen) atoms. The van der Waals surface area contributed by atoms with Crippen LogP contribution >= 0.6 is 11.8 Å². The molecule has 96 valence electrons. The molecule has 1 aromatic carbocycles. The highest BCUT2D eigenvalue weighted by Gasteiger charge is 2.16. The monoisotopic (exact) mass is 274 g/mol. The van der Waals surface area contributed by atoms with E-state index in [2.05, 4.69) is 4.72 Å². The highest BCUT2D eigenvalue weighted by Crippen LogP contribution is 2.17. The van der Waals surface area contributed by atoms with E-state index in [9.17, 15) is 8.42 Å². The van der Waals surface area contributed by atoms with Crippen molar-refractivity contribution in [2.45, 2.75) is 18.2 Å². The van der Waals surface area contributed by atoms with Crippen molar-refractivity contribution in [3.63, 3.8) is 0 Å². The summed E-state index contributed by atoms with van der Waals surface area (Å²) in [6.45, 7) is 2.22. The molecule has 0 aliphatic carbocycles. The first-order chi connectivity index (χ1) is 7.97. The van der Waals surface area contributed by atoms with Crippen molar-refractivity contribution in [1.82, 2.24) is 4.72 Å². The average molecular weight is 274 g/mol. The molecule has 0 aliphatic heterocycles. The minimum absolute atomic E-state index is 0.265. The third-order valence-electron chi connectivity index (χ3n) is 2.32. The highest BCUT2D eigenvalue weighted by atomic mass is 32.2. The number of anilines is 1. The summed E-state index contributed by atoms with van der Waals surface area (Å²) >= 11 is 1.70. The summed E-state index contributed by atoms with van der Waals surface area (Å²) in [7, 11) is -3.43. The maximum absolute atomic E-state index is 12.0. The molecule has 0 aromatic heterocycles. The maximum Gasteiger partial charge on any atom is 0.240 e. The van der Waals surface area contributed by atoms with E-state index in [1.807, 2.05) is 6.26 Å². The summed E-state index contributed by atoms with van der Waals surface area (Å²) in [5.74, 6) is 0.943. The van der Waals surface area contributed by atoms with Crippen LogP contribution in [0.25, 0.3) is 0 Å². The first-order valence-corrected chi connectivity index (χ1v) is 8.20. The number of thioether (sulfide) groups is 1. The first-order valence-electron chi connectivity index (χ1n) is 5.32. The average Bonchev–Trinajstić information content (AvgIpc) is 2.28. The molecular formula is C11H18N2O2S2. The molecule has 0 bridgehead atoms. The van der Waals surface area contributed by atoms with Gasteiger partial charge in [0.1, 0.15) is 0 Å². The Labute approximate surface area is 107 Å². The van der Waals surface area contributed by atoms with Crippen LogP contribution in [0, 0.1) is 6.92 Å². The van der Waals surface area contributed by atoms with Gasteiger partial charge in [0.25, 0.3) is 0 Å². The molecule has 0 heterocycles. The van der Waals surface area contributed by atoms with Crippen LogP contribution in [-0.4, -0.2) is 27.0 Å². The summed E-state index contributed by atoms with van der Waals surface area (Å²) in [5.41, 5.74) is 6.77. The molecule has 0 saturated carbocycles. The van der Waals surface area contributed by atoms with E-state index in [0.717, 1.165) is 12.2 Å². The summed E-state index contributed by atoms with van der Waals surface area (Å²) in [5, 5.41) is 0. The van der Waals surface area contributed by atoms with Crippen molar-refractivity contribution in [1.29, 1.82) is 0 Å². The van der Waals surface area contributed by atoms with Gasteiger partial charge in [0, 0.05) is 12.2 Å². The highest BCUT2D eigenvalue weighted by molar-refractivity contribution is 7.98. The van der Waals surface area contributed by atoms with E-state index in [1.165, 1.54) is 6.07 Å². The Morgan fingerprint density at radius 2 is 2.12 bits per heavy atom. The standard InChI is InChI=1S/C11H18N2O2S2/c1-9-4-5-10(12)8-11(9)17(14,15)13-6-3-7-16-2/h4-5,8,13H,3,6-7,12H2,1-2H3. The fraction of sp³-hybridized carbons (Fsp3) is 0.455. The Bertz CT molecular complexity index is 472. The van der Waals surface area contributed by atoms with Crippen LogP contribution in [0.15, 0.2) is 23.1 Å². The number of benzene rings is 1. The molecule has 3 N–H and O–H groups in total. The molecule has 0 saturated heterocycles. The molecule has 0 spiro atoms. The zero-order valence-corrected chi connectivity index (χ0v) is 11.7. The Hall–Kier alpha value is -0.720. The Balaban J connectivity index is 2.79. The number of nitrogen functional groups attached to an aromatic ring is 1. The van der Waals surface area contributed by atoms with Crippen LogP contribution in [0.3, 0.4) is 0 Å². The van der Waals surface area contributed by atoms with Gasteiger partial charge in [0.05, 0.1) is 4.90 Å². The molecule has 0 atom stereocenters. The van der Waals surface area contributed by atoms with Gasteiger partial charge in [-0.3, -0.25) is 0 Å². The number of nitrogens with one attached hydrogen (secondary N) is 1. The molecule has 0 fully saturated rings. The van der Waals surface area contributed by atoms with Crippen molar-refractivity contribution in [3.05, 3.63) is 23.8 Å². The lowest BCUT2D eigenvalue weighted by molar-refractivity contribution is 0.580. The van der Waals surface area contributed by atoms with Gasteiger partial charge >= 0.3 is 0 Å². The predicted octanol–water partition coefficient (Wildman–Crippen LogP) is 1.61. The van der Waals surface area contributed by atoms with Crippen LogP contribution in [0.5, 0.6) is 0 Å². The van der Waals surface area contributed by atoms with E-state index in [0.29, 0.717) is 17.8 Å². The molecule has 0 unspecified atom stereocenters. The number of rotatable bonds is 6. The normalized spacial score (nSPS) is 11.6. The first kappa shape index (κ1) is 14.3. The van der Waals surface area contributed by atoms with Gasteiger partial charge in [0.15, 0.2) is 0 Å². The van der Waals surface area contributed by atoms with E-state index < -0.39 is 10.0 Å². The summed E-state index contributed by atoms with van der Waals surface area (Å²) in [6, 6.07) is 4.90. The van der Waals surface area contributed by atoms with Crippen LogP contribution in [0.2, 0.25) is 0 Å². The van der Waals surface area contributed by atoms with Gasteiger partial charge in [-0.25, -0.2) is 13.1 Å². The van der Waals surface area contributed by atoms with Crippen LogP contribution in [0.1, 0.15) is 12.0 Å². The molecule has 6 heteroatoms. The number of sulfonamides is 1. The Morgan fingerprint density at radius 1 is 1.41 bits per heavy atom. The van der Waals surface area contributed by atoms with Crippen molar-refractivity contribution >= 4 is 27.5 Å². The summed E-state index contributed by atoms with van der Waals surface area (Å²) in [4.78, 5) is 0.265. The van der Waals surface area contributed by atoms with Gasteiger partial charge in [0.2, 0.25) is 10.0 Å². The van der Waals surface area contributed by atoms with Crippen molar-refractivity contribution < 1.29 is 8.42 Å². The zero-order valence-electron chi connectivity index (χ0n) is 10.1. The summed E-state index contributed by atoms with van der Waals surface area (Å²) < 4.78 is 26.6. The van der Waals surface area contributed by atoms with Crippen LogP contribution in [0.4, 0.5) is 5.69 Å². The largest absolute Gasteiger partial charge is 0.399 e. The third-order valence-corrected chi connectivity index (χ3v) is 4.62. The molecule has 1 rings (SSSR count). The lowest BCUT2D eigenvalue weighted by Gasteiger charge is -2.09. The van der Waals surface area contributed by atoms with E-state index in [-0.39, 0.29) is 4.90 Å². The number of aryl methyl sites for hydroxylation is 1. The smallest absolute Gasteiger partial charge is 0.240 e. The topological polar surface area (TPSA) is 72.2 Å². The number of hydrogen-bond acceptors (Lipinski definition) is 4. The Morgan fingerprint density at radius 3 is 2.76 bits per heavy atom. The molecule has 0 radical (unpaired) electrons. The quantitative estimate of drug-likeness (QED) is 0.610. The molecule has 0 aliphatic rings. The number of hydrogen-bond donors (Lipinski definition) is 2. The fourth-order valence-corrected chi connectivity index (χ4v) is 3.19. The minimum Gasteiger partial charge on any atom is -0.399 e. The fourth-order valence-electron chi connectivity index (χ4n) is 1.41. The van der Waals surface area contributed by atoms with Crippen molar-refractivity contribution in [2.75, 3.05) is 24.3 Å². The maximum atomic E-state index is 12.0. The predicted molar refractivity (Wildman–Crippen MR) is 73.8 cm³/mol. The zero-order chi connectivity index (χ0) is 12.9. The molecular weight excluding hydrogens is 256 g/mol. The van der Waals surface area contributed by atoms with Gasteiger partial charge in [-0.1, -0.05) is 6.07 Å². The van der Waals surface area contributed by atoms with Gasteiger partial charge in [-0.2, -0.15) is 11.8 Å². The van der Waals surface area contributed by atoms with E-state index in [1.54, 1.807) is 30.8 Å². The van der Waals surface area contributed by atoms with E-state index in [4.69, 9.17) is 5.73 Å². The minimum atomic E-state index is -3.43.